The molecule has 2 aromatic heterocycles. The van der Waals surface area contributed by atoms with Gasteiger partial charge in [0.1, 0.15) is 11.6 Å². The SMILES string of the molecule is Cn1nc2c(c1-c1cc(F)cc(F)c1)CC1CCC2N1C(=O)c1cnn(C)c1C1CC1. The Morgan fingerprint density at radius 1 is 1.03 bits per heavy atom. The van der Waals surface area contributed by atoms with E-state index in [2.05, 4.69) is 5.10 Å². The molecule has 2 bridgehead atoms. The standard InChI is InChI=1S/C23H23F2N5O/c1-28-21(12-3-4-12)18(11-26-28)23(31)30-16-5-6-19(30)20-17(10-16)22(29(2)27-20)13-7-14(24)9-15(25)8-13/h7-9,11-12,16,19H,3-6,10H2,1-2H3. The average Bonchev–Trinajstić information content (AvgIpc) is 3.27. The van der Waals surface area contributed by atoms with Crippen LogP contribution in [0, 0.1) is 11.6 Å². The fourth-order valence-electron chi connectivity index (χ4n) is 5.60. The highest BCUT2D eigenvalue weighted by molar-refractivity contribution is 5.96. The third-order valence-electron chi connectivity index (χ3n) is 6.98. The van der Waals surface area contributed by atoms with Crippen molar-refractivity contribution >= 4 is 5.91 Å². The van der Waals surface area contributed by atoms with Gasteiger partial charge in [0.05, 0.1) is 34.9 Å². The molecule has 4 heterocycles. The van der Waals surface area contributed by atoms with Gasteiger partial charge < -0.3 is 4.90 Å². The van der Waals surface area contributed by atoms with Gasteiger partial charge in [0, 0.05) is 43.2 Å². The lowest BCUT2D eigenvalue weighted by atomic mass is 9.94. The highest BCUT2D eigenvalue weighted by Gasteiger charge is 2.47. The minimum atomic E-state index is -0.607. The van der Waals surface area contributed by atoms with Crippen LogP contribution in [0.5, 0.6) is 0 Å². The molecule has 31 heavy (non-hydrogen) atoms. The summed E-state index contributed by atoms with van der Waals surface area (Å²) in [5.74, 6) is -0.764. The van der Waals surface area contributed by atoms with Crippen LogP contribution in [0.1, 0.15) is 65.0 Å². The number of halogens is 2. The summed E-state index contributed by atoms with van der Waals surface area (Å²) in [6.07, 6.45) is 6.28. The van der Waals surface area contributed by atoms with Crippen LogP contribution in [0.4, 0.5) is 8.78 Å². The van der Waals surface area contributed by atoms with Crippen molar-refractivity contribution in [2.24, 2.45) is 14.1 Å². The highest BCUT2D eigenvalue weighted by Crippen LogP contribution is 2.48. The summed E-state index contributed by atoms with van der Waals surface area (Å²) >= 11 is 0. The molecule has 8 heteroatoms. The topological polar surface area (TPSA) is 56.0 Å². The number of carbonyl (C=O) groups excluding carboxylic acids is 1. The van der Waals surface area contributed by atoms with E-state index in [1.54, 1.807) is 17.9 Å². The molecule has 1 saturated heterocycles. The molecule has 160 valence electrons. The molecule has 3 aliphatic rings. The fraction of sp³-hybridized carbons (Fsp3) is 0.435. The van der Waals surface area contributed by atoms with Gasteiger partial charge in [-0.05, 0) is 44.2 Å². The molecule has 1 aliphatic carbocycles. The number of benzene rings is 1. The molecule has 2 fully saturated rings. The van der Waals surface area contributed by atoms with E-state index < -0.39 is 11.6 Å². The molecule has 0 radical (unpaired) electrons. The van der Waals surface area contributed by atoms with Crippen LogP contribution in [0.3, 0.4) is 0 Å². The van der Waals surface area contributed by atoms with Crippen LogP contribution in [0.2, 0.25) is 0 Å². The number of carbonyl (C=O) groups is 1. The lowest BCUT2D eigenvalue weighted by Crippen LogP contribution is -2.42. The molecular formula is C23H23F2N5O. The van der Waals surface area contributed by atoms with Crippen molar-refractivity contribution in [2.45, 2.75) is 50.1 Å². The molecule has 0 spiro atoms. The maximum absolute atomic E-state index is 13.9. The second-order valence-corrected chi connectivity index (χ2v) is 9.00. The molecule has 6 rings (SSSR count). The van der Waals surface area contributed by atoms with Crippen molar-refractivity contribution in [2.75, 3.05) is 0 Å². The maximum atomic E-state index is 13.9. The number of amides is 1. The van der Waals surface area contributed by atoms with Gasteiger partial charge in [-0.3, -0.25) is 14.2 Å². The quantitative estimate of drug-likeness (QED) is 0.643. The van der Waals surface area contributed by atoms with Crippen molar-refractivity contribution in [3.63, 3.8) is 0 Å². The Morgan fingerprint density at radius 3 is 2.48 bits per heavy atom. The number of fused-ring (bicyclic) bond motifs is 4. The van der Waals surface area contributed by atoms with E-state index in [4.69, 9.17) is 5.10 Å². The molecule has 2 unspecified atom stereocenters. The first kappa shape index (κ1) is 18.7. The van der Waals surface area contributed by atoms with E-state index in [1.165, 1.54) is 12.1 Å². The smallest absolute Gasteiger partial charge is 0.258 e. The number of rotatable bonds is 3. The molecule has 3 aromatic rings. The Morgan fingerprint density at radius 2 is 1.77 bits per heavy atom. The van der Waals surface area contributed by atoms with Crippen LogP contribution in [-0.4, -0.2) is 36.4 Å². The van der Waals surface area contributed by atoms with E-state index in [9.17, 15) is 13.6 Å². The van der Waals surface area contributed by atoms with Gasteiger partial charge in [0.15, 0.2) is 0 Å². The summed E-state index contributed by atoms with van der Waals surface area (Å²) in [6.45, 7) is 0. The Bertz CT molecular complexity index is 1200. The van der Waals surface area contributed by atoms with Gasteiger partial charge in [0.2, 0.25) is 0 Å². The van der Waals surface area contributed by atoms with Crippen molar-refractivity contribution in [3.05, 3.63) is 58.5 Å². The Hall–Kier alpha value is -3.03. The van der Waals surface area contributed by atoms with Crippen LogP contribution in [0.25, 0.3) is 11.3 Å². The summed E-state index contributed by atoms with van der Waals surface area (Å²) in [6, 6.07) is 3.50. The summed E-state index contributed by atoms with van der Waals surface area (Å²) < 4.78 is 31.3. The van der Waals surface area contributed by atoms with Gasteiger partial charge in [-0.1, -0.05) is 0 Å². The first-order valence-electron chi connectivity index (χ1n) is 10.8. The number of aromatic nitrogens is 4. The molecule has 6 nitrogen and oxygen atoms in total. The van der Waals surface area contributed by atoms with E-state index in [1.807, 2.05) is 16.6 Å². The Kier molecular flexibility index (Phi) is 3.91. The molecule has 1 amide bonds. The number of hydrogen-bond acceptors (Lipinski definition) is 3. The normalized spacial score (nSPS) is 22.1. The van der Waals surface area contributed by atoms with E-state index in [0.717, 1.165) is 54.4 Å². The highest BCUT2D eigenvalue weighted by atomic mass is 19.1. The third-order valence-corrected chi connectivity index (χ3v) is 6.98. The predicted octanol–water partition coefficient (Wildman–Crippen LogP) is 3.88. The first-order valence-corrected chi connectivity index (χ1v) is 10.8. The first-order chi connectivity index (χ1) is 14.9. The van der Waals surface area contributed by atoms with Gasteiger partial charge in [-0.25, -0.2) is 8.78 Å². The average molecular weight is 423 g/mol. The molecular weight excluding hydrogens is 400 g/mol. The number of nitrogens with zero attached hydrogens (tertiary/aromatic N) is 5. The number of aryl methyl sites for hydroxylation is 2. The summed E-state index contributed by atoms with van der Waals surface area (Å²) in [5.41, 5.74) is 4.80. The lowest BCUT2D eigenvalue weighted by molar-refractivity contribution is 0.0641. The minimum Gasteiger partial charge on any atom is -0.327 e. The van der Waals surface area contributed by atoms with Crippen molar-refractivity contribution < 1.29 is 13.6 Å². The van der Waals surface area contributed by atoms with Crippen molar-refractivity contribution in [3.8, 4) is 11.3 Å². The summed E-state index contributed by atoms with van der Waals surface area (Å²) in [4.78, 5) is 15.6. The Labute approximate surface area is 178 Å². The Balaban J connectivity index is 1.41. The van der Waals surface area contributed by atoms with Crippen molar-refractivity contribution in [1.82, 2.24) is 24.5 Å². The van der Waals surface area contributed by atoms with Crippen molar-refractivity contribution in [1.29, 1.82) is 0 Å². The third kappa shape index (κ3) is 2.77. The van der Waals surface area contributed by atoms with Gasteiger partial charge in [-0.2, -0.15) is 10.2 Å². The predicted molar refractivity (Wildman–Crippen MR) is 109 cm³/mol. The van der Waals surface area contributed by atoms with E-state index in [0.29, 0.717) is 23.5 Å². The summed E-state index contributed by atoms with van der Waals surface area (Å²) in [5, 5.41) is 9.09. The molecule has 0 N–H and O–H groups in total. The fourth-order valence-corrected chi connectivity index (χ4v) is 5.60. The van der Waals surface area contributed by atoms with E-state index >= 15 is 0 Å². The monoisotopic (exact) mass is 423 g/mol. The molecule has 2 aliphatic heterocycles. The largest absolute Gasteiger partial charge is 0.327 e. The van der Waals surface area contributed by atoms with Gasteiger partial charge >= 0.3 is 0 Å². The van der Waals surface area contributed by atoms with Crippen LogP contribution < -0.4 is 0 Å². The lowest BCUT2D eigenvalue weighted by Gasteiger charge is -2.34. The zero-order chi connectivity index (χ0) is 21.4. The number of hydrogen-bond donors (Lipinski definition) is 0. The van der Waals surface area contributed by atoms with Gasteiger partial charge in [0.25, 0.3) is 5.91 Å². The minimum absolute atomic E-state index is 0.0251. The zero-order valence-corrected chi connectivity index (χ0v) is 17.5. The second kappa shape index (κ2) is 6.48. The molecule has 1 aromatic carbocycles. The van der Waals surface area contributed by atoms with Crippen LogP contribution >= 0.6 is 0 Å². The summed E-state index contributed by atoms with van der Waals surface area (Å²) in [7, 11) is 3.69. The molecule has 2 atom stereocenters. The van der Waals surface area contributed by atoms with E-state index in [-0.39, 0.29) is 18.0 Å². The second-order valence-electron chi connectivity index (χ2n) is 9.00. The van der Waals surface area contributed by atoms with Crippen LogP contribution in [0.15, 0.2) is 24.4 Å². The zero-order valence-electron chi connectivity index (χ0n) is 17.5. The van der Waals surface area contributed by atoms with Crippen LogP contribution in [-0.2, 0) is 20.5 Å². The molecule has 1 saturated carbocycles. The maximum Gasteiger partial charge on any atom is 0.258 e. The van der Waals surface area contributed by atoms with Gasteiger partial charge in [-0.15, -0.1) is 0 Å².